The molecule has 0 spiro atoms. The molecule has 0 aliphatic heterocycles. The summed E-state index contributed by atoms with van der Waals surface area (Å²) in [6.07, 6.45) is 1.73. The first kappa shape index (κ1) is 6.68. The van der Waals surface area contributed by atoms with E-state index in [2.05, 4.69) is 11.4 Å². The lowest BCUT2D eigenvalue weighted by Crippen LogP contribution is -1.68. The summed E-state index contributed by atoms with van der Waals surface area (Å²) < 4.78 is 5.19. The number of aryl methyl sites for hydroxylation is 1. The first-order chi connectivity index (χ1) is 5.38. The van der Waals surface area contributed by atoms with Crippen LogP contribution in [0.1, 0.15) is 5.76 Å². The van der Waals surface area contributed by atoms with Crippen molar-refractivity contribution in [1.29, 1.82) is 0 Å². The Morgan fingerprint density at radius 2 is 2.27 bits per heavy atom. The van der Waals surface area contributed by atoms with Gasteiger partial charge in [-0.05, 0) is 24.4 Å². The molecule has 1 nitrogen and oxygen atoms in total. The molecule has 0 atom stereocenters. The Labute approximate surface area is 69.3 Å². The third-order valence-electron chi connectivity index (χ3n) is 1.65. The van der Waals surface area contributed by atoms with Crippen molar-refractivity contribution in [3.8, 4) is 10.4 Å². The molecule has 2 heteroatoms. The molecule has 2 rings (SSSR count). The van der Waals surface area contributed by atoms with E-state index in [4.69, 9.17) is 4.42 Å². The molecule has 0 bridgehead atoms. The van der Waals surface area contributed by atoms with Crippen LogP contribution in [0.2, 0.25) is 0 Å². The molecule has 0 unspecified atom stereocenters. The minimum absolute atomic E-state index is 0.993. The minimum Gasteiger partial charge on any atom is -0.469 e. The normalized spacial score (nSPS) is 10.3. The van der Waals surface area contributed by atoms with E-state index in [9.17, 15) is 0 Å². The molecule has 56 valence electrons. The summed E-state index contributed by atoms with van der Waals surface area (Å²) in [6.45, 7) is 1.98. The highest BCUT2D eigenvalue weighted by Gasteiger charge is 2.03. The van der Waals surface area contributed by atoms with E-state index in [1.165, 1.54) is 10.4 Å². The fourth-order valence-electron chi connectivity index (χ4n) is 1.07. The van der Waals surface area contributed by atoms with Crippen LogP contribution in [-0.4, -0.2) is 0 Å². The first-order valence-electron chi connectivity index (χ1n) is 3.46. The zero-order chi connectivity index (χ0) is 7.68. The van der Waals surface area contributed by atoms with Crippen LogP contribution in [0.5, 0.6) is 0 Å². The quantitative estimate of drug-likeness (QED) is 0.630. The van der Waals surface area contributed by atoms with Gasteiger partial charge in [-0.2, -0.15) is 0 Å². The zero-order valence-electron chi connectivity index (χ0n) is 6.20. The molecule has 0 N–H and O–H groups in total. The molecule has 0 aliphatic rings. The Hall–Kier alpha value is -1.02. The molecule has 0 fully saturated rings. The second kappa shape index (κ2) is 2.55. The predicted molar refractivity (Wildman–Crippen MR) is 46.8 cm³/mol. The lowest BCUT2D eigenvalue weighted by molar-refractivity contribution is 0.535. The van der Waals surface area contributed by atoms with E-state index >= 15 is 0 Å². The Bertz CT molecular complexity index is 332. The van der Waals surface area contributed by atoms with Gasteiger partial charge in [-0.15, -0.1) is 11.3 Å². The summed E-state index contributed by atoms with van der Waals surface area (Å²) >= 11 is 1.73. The van der Waals surface area contributed by atoms with Gasteiger partial charge in [-0.1, -0.05) is 6.07 Å². The van der Waals surface area contributed by atoms with E-state index in [-0.39, 0.29) is 0 Å². The van der Waals surface area contributed by atoms with Gasteiger partial charge in [0.15, 0.2) is 0 Å². The minimum atomic E-state index is 0.993. The number of hydrogen-bond donors (Lipinski definition) is 0. The van der Waals surface area contributed by atoms with Crippen LogP contribution in [-0.2, 0) is 0 Å². The van der Waals surface area contributed by atoms with Crippen molar-refractivity contribution >= 4 is 11.3 Å². The van der Waals surface area contributed by atoms with Crippen molar-refractivity contribution in [2.75, 3.05) is 0 Å². The average molecular weight is 164 g/mol. The second-order valence-corrected chi connectivity index (χ2v) is 3.32. The van der Waals surface area contributed by atoms with Gasteiger partial charge in [-0.25, -0.2) is 0 Å². The van der Waals surface area contributed by atoms with Gasteiger partial charge >= 0.3 is 0 Å². The third-order valence-corrected chi connectivity index (χ3v) is 2.55. The maximum atomic E-state index is 5.19. The molecule has 0 aliphatic carbocycles. The highest BCUT2D eigenvalue weighted by Crippen LogP contribution is 2.27. The highest BCUT2D eigenvalue weighted by molar-refractivity contribution is 7.13. The van der Waals surface area contributed by atoms with E-state index in [1.54, 1.807) is 17.6 Å². The average Bonchev–Trinajstić information content (AvgIpc) is 2.55. The second-order valence-electron chi connectivity index (χ2n) is 2.37. The summed E-state index contributed by atoms with van der Waals surface area (Å²) in [5.41, 5.74) is 1.21. The van der Waals surface area contributed by atoms with Crippen molar-refractivity contribution in [2.24, 2.45) is 0 Å². The van der Waals surface area contributed by atoms with E-state index in [1.807, 2.05) is 19.1 Å². The molecule has 2 aromatic heterocycles. The van der Waals surface area contributed by atoms with Crippen LogP contribution in [0.3, 0.4) is 0 Å². The van der Waals surface area contributed by atoms with Crippen LogP contribution in [0.25, 0.3) is 10.4 Å². The van der Waals surface area contributed by atoms with Crippen molar-refractivity contribution in [3.05, 3.63) is 35.6 Å². The Morgan fingerprint density at radius 1 is 1.36 bits per heavy atom. The van der Waals surface area contributed by atoms with Crippen LogP contribution in [0, 0.1) is 6.92 Å². The maximum Gasteiger partial charge on any atom is 0.109 e. The highest BCUT2D eigenvalue weighted by atomic mass is 32.1. The fraction of sp³-hybridized carbons (Fsp3) is 0.111. The maximum absolute atomic E-state index is 5.19. The first-order valence-corrected chi connectivity index (χ1v) is 4.34. The Balaban J connectivity index is 2.53. The summed E-state index contributed by atoms with van der Waals surface area (Å²) in [5.74, 6) is 0.993. The fourth-order valence-corrected chi connectivity index (χ4v) is 1.87. The topological polar surface area (TPSA) is 13.1 Å². The number of thiophene rings is 1. The molecule has 11 heavy (non-hydrogen) atoms. The van der Waals surface area contributed by atoms with E-state index < -0.39 is 0 Å². The smallest absolute Gasteiger partial charge is 0.109 e. The number of rotatable bonds is 1. The SMILES string of the molecule is Cc1occc1-c1cccs1. The molecule has 0 saturated carbocycles. The van der Waals surface area contributed by atoms with Crippen molar-refractivity contribution in [1.82, 2.24) is 0 Å². The summed E-state index contributed by atoms with van der Waals surface area (Å²) in [7, 11) is 0. The Morgan fingerprint density at radius 3 is 2.82 bits per heavy atom. The zero-order valence-corrected chi connectivity index (χ0v) is 7.02. The molecular formula is C9H8OS. The van der Waals surface area contributed by atoms with Crippen molar-refractivity contribution < 1.29 is 4.42 Å². The molecular weight excluding hydrogens is 156 g/mol. The van der Waals surface area contributed by atoms with Crippen LogP contribution >= 0.6 is 11.3 Å². The lowest BCUT2D eigenvalue weighted by Gasteiger charge is -1.90. The van der Waals surface area contributed by atoms with Crippen molar-refractivity contribution in [2.45, 2.75) is 6.92 Å². The van der Waals surface area contributed by atoms with Gasteiger partial charge in [0.2, 0.25) is 0 Å². The van der Waals surface area contributed by atoms with E-state index in [0.717, 1.165) is 5.76 Å². The van der Waals surface area contributed by atoms with Gasteiger partial charge in [0.25, 0.3) is 0 Å². The lowest BCUT2D eigenvalue weighted by atomic mass is 10.2. The molecule has 2 heterocycles. The monoisotopic (exact) mass is 164 g/mol. The molecule has 0 aromatic carbocycles. The molecule has 0 amide bonds. The Kier molecular flexibility index (Phi) is 1.55. The molecule has 0 radical (unpaired) electrons. The van der Waals surface area contributed by atoms with E-state index in [0.29, 0.717) is 0 Å². The van der Waals surface area contributed by atoms with Gasteiger partial charge in [0.05, 0.1) is 6.26 Å². The summed E-state index contributed by atoms with van der Waals surface area (Å²) in [4.78, 5) is 1.27. The molecule has 0 saturated heterocycles. The molecule has 2 aromatic rings. The standard InChI is InChI=1S/C9H8OS/c1-7-8(4-5-10-7)9-3-2-6-11-9/h2-6H,1H3. The van der Waals surface area contributed by atoms with Gasteiger partial charge in [0.1, 0.15) is 5.76 Å². The van der Waals surface area contributed by atoms with Gasteiger partial charge in [0, 0.05) is 10.4 Å². The van der Waals surface area contributed by atoms with Gasteiger partial charge in [-0.3, -0.25) is 0 Å². The summed E-state index contributed by atoms with van der Waals surface area (Å²) in [6, 6.07) is 6.15. The van der Waals surface area contributed by atoms with Crippen LogP contribution in [0.15, 0.2) is 34.3 Å². The van der Waals surface area contributed by atoms with Gasteiger partial charge < -0.3 is 4.42 Å². The number of furan rings is 1. The predicted octanol–water partition coefficient (Wildman–Crippen LogP) is 3.32. The van der Waals surface area contributed by atoms with Crippen molar-refractivity contribution in [3.63, 3.8) is 0 Å². The largest absolute Gasteiger partial charge is 0.469 e. The van der Waals surface area contributed by atoms with Crippen LogP contribution in [0.4, 0.5) is 0 Å². The van der Waals surface area contributed by atoms with Crippen LogP contribution < -0.4 is 0 Å². The summed E-state index contributed by atoms with van der Waals surface area (Å²) in [5, 5.41) is 2.07. The third kappa shape index (κ3) is 1.10. The number of hydrogen-bond acceptors (Lipinski definition) is 2.